The van der Waals surface area contributed by atoms with Gasteiger partial charge in [-0.3, -0.25) is 0 Å². The monoisotopic (exact) mass is 288 g/mol. The molecule has 1 amide bonds. The molecule has 1 aromatic rings. The smallest absolute Gasteiger partial charge is 0.410 e. The molecule has 1 aliphatic rings. The molecule has 1 atom stereocenters. The lowest BCUT2D eigenvalue weighted by molar-refractivity contribution is 0.0585. The van der Waals surface area contributed by atoms with Crippen molar-refractivity contribution in [2.75, 3.05) is 12.8 Å². The number of nitrogens with two attached hydrogens (primary N) is 1. The van der Waals surface area contributed by atoms with E-state index in [1.165, 1.54) is 0 Å². The average molecular weight is 288 g/mol. The lowest BCUT2D eigenvalue weighted by atomic mass is 10.0. The number of rotatable bonds is 3. The molecule has 0 saturated heterocycles. The van der Waals surface area contributed by atoms with E-state index in [1.807, 2.05) is 24.3 Å². The zero-order chi connectivity index (χ0) is 15.1. The van der Waals surface area contributed by atoms with Crippen LogP contribution in [0.3, 0.4) is 0 Å². The third-order valence-electron chi connectivity index (χ3n) is 3.70. The number of ether oxygens (including phenoxy) is 1. The third-order valence-corrected chi connectivity index (χ3v) is 3.70. The van der Waals surface area contributed by atoms with Crippen LogP contribution >= 0.6 is 0 Å². The maximum absolute atomic E-state index is 12.1. The topological polar surface area (TPSA) is 55.6 Å². The number of carbonyl (C=O) groups excluding carboxylic acids is 1. The van der Waals surface area contributed by atoms with Crippen LogP contribution in [0.15, 0.2) is 36.4 Å². The van der Waals surface area contributed by atoms with Crippen molar-refractivity contribution in [3.05, 3.63) is 42.0 Å². The third kappa shape index (κ3) is 5.14. The van der Waals surface area contributed by atoms with Crippen molar-refractivity contribution in [2.24, 2.45) is 0 Å². The fraction of sp³-hybridized carbons (Fsp3) is 0.471. The highest BCUT2D eigenvalue weighted by atomic mass is 16.6. The standard InChI is InChI=1S/C17H24N2O2/c1-19(13-14-9-11-15(18)12-10-14)17(20)21-16-7-5-3-2-4-6-8-16/h2-3,9-12,16H,4-8,13,18H2,1H3/b3-2+. The van der Waals surface area contributed by atoms with Gasteiger partial charge in [-0.25, -0.2) is 4.79 Å². The lowest BCUT2D eigenvalue weighted by Gasteiger charge is -2.23. The number of hydrogen-bond acceptors (Lipinski definition) is 3. The summed E-state index contributed by atoms with van der Waals surface area (Å²) in [5, 5.41) is 0. The number of carbonyl (C=O) groups is 1. The first-order valence-corrected chi connectivity index (χ1v) is 7.56. The molecule has 1 unspecified atom stereocenters. The predicted octanol–water partition coefficient (Wildman–Crippen LogP) is 3.73. The van der Waals surface area contributed by atoms with Crippen LogP contribution in [-0.2, 0) is 11.3 Å². The molecular weight excluding hydrogens is 264 g/mol. The van der Waals surface area contributed by atoms with Crippen LogP contribution < -0.4 is 5.73 Å². The van der Waals surface area contributed by atoms with Crippen LogP contribution in [0.4, 0.5) is 10.5 Å². The number of amides is 1. The van der Waals surface area contributed by atoms with Crippen molar-refractivity contribution in [3.63, 3.8) is 0 Å². The minimum atomic E-state index is -0.249. The van der Waals surface area contributed by atoms with Crippen LogP contribution in [0.2, 0.25) is 0 Å². The SMILES string of the molecule is CN(Cc1ccc(N)cc1)C(=O)OC1CC/C=C/CCC1. The van der Waals surface area contributed by atoms with Crippen LogP contribution in [0, 0.1) is 0 Å². The van der Waals surface area contributed by atoms with E-state index in [9.17, 15) is 4.79 Å². The molecule has 0 heterocycles. The van der Waals surface area contributed by atoms with Crippen LogP contribution in [-0.4, -0.2) is 24.1 Å². The minimum absolute atomic E-state index is 0.0383. The molecule has 4 nitrogen and oxygen atoms in total. The second kappa shape index (κ2) is 7.72. The fourth-order valence-corrected chi connectivity index (χ4v) is 2.44. The number of benzene rings is 1. The molecule has 21 heavy (non-hydrogen) atoms. The maximum Gasteiger partial charge on any atom is 0.410 e. The van der Waals surface area contributed by atoms with E-state index >= 15 is 0 Å². The average Bonchev–Trinajstić information content (AvgIpc) is 2.44. The van der Waals surface area contributed by atoms with E-state index in [-0.39, 0.29) is 12.2 Å². The van der Waals surface area contributed by atoms with E-state index < -0.39 is 0 Å². The quantitative estimate of drug-likeness (QED) is 0.681. The Kier molecular flexibility index (Phi) is 5.67. The zero-order valence-electron chi connectivity index (χ0n) is 12.6. The Morgan fingerprint density at radius 1 is 1.24 bits per heavy atom. The molecule has 0 aliphatic heterocycles. The van der Waals surface area contributed by atoms with Gasteiger partial charge in [0.05, 0.1) is 0 Å². The van der Waals surface area contributed by atoms with Gasteiger partial charge in [0.2, 0.25) is 0 Å². The molecule has 2 rings (SSSR count). The summed E-state index contributed by atoms with van der Waals surface area (Å²) in [7, 11) is 1.77. The Morgan fingerprint density at radius 3 is 2.71 bits per heavy atom. The molecule has 0 spiro atoms. The Bertz CT molecular complexity index is 482. The molecule has 0 saturated carbocycles. The molecule has 0 radical (unpaired) electrons. The van der Waals surface area contributed by atoms with Crippen molar-refractivity contribution in [1.82, 2.24) is 4.90 Å². The highest BCUT2D eigenvalue weighted by molar-refractivity contribution is 5.67. The van der Waals surface area contributed by atoms with E-state index in [2.05, 4.69) is 12.2 Å². The number of nitrogens with zero attached hydrogens (tertiary/aromatic N) is 1. The summed E-state index contributed by atoms with van der Waals surface area (Å²) in [6.07, 6.45) is 9.19. The van der Waals surface area contributed by atoms with Gasteiger partial charge in [0, 0.05) is 19.3 Å². The molecule has 2 N–H and O–H groups in total. The first kappa shape index (κ1) is 15.4. The van der Waals surface area contributed by atoms with Gasteiger partial charge in [0.25, 0.3) is 0 Å². The van der Waals surface area contributed by atoms with Gasteiger partial charge < -0.3 is 15.4 Å². The van der Waals surface area contributed by atoms with Crippen LogP contribution in [0.1, 0.15) is 37.7 Å². The fourth-order valence-electron chi connectivity index (χ4n) is 2.44. The molecule has 0 aromatic heterocycles. The van der Waals surface area contributed by atoms with E-state index in [0.717, 1.165) is 43.4 Å². The molecule has 1 aromatic carbocycles. The summed E-state index contributed by atoms with van der Waals surface area (Å²) < 4.78 is 5.61. The number of anilines is 1. The Hall–Kier alpha value is -1.97. The molecule has 1 aliphatic carbocycles. The van der Waals surface area contributed by atoms with Gasteiger partial charge in [0.15, 0.2) is 0 Å². The molecule has 0 fully saturated rings. The molecule has 114 valence electrons. The summed E-state index contributed by atoms with van der Waals surface area (Å²) >= 11 is 0. The highest BCUT2D eigenvalue weighted by Gasteiger charge is 2.17. The summed E-state index contributed by atoms with van der Waals surface area (Å²) in [5.74, 6) is 0. The van der Waals surface area contributed by atoms with E-state index in [0.29, 0.717) is 6.54 Å². The highest BCUT2D eigenvalue weighted by Crippen LogP contribution is 2.17. The summed E-state index contributed by atoms with van der Waals surface area (Å²) in [6.45, 7) is 0.533. The molecule has 0 bridgehead atoms. The largest absolute Gasteiger partial charge is 0.446 e. The van der Waals surface area contributed by atoms with Gasteiger partial charge in [0.1, 0.15) is 6.10 Å². The van der Waals surface area contributed by atoms with E-state index in [4.69, 9.17) is 10.5 Å². The number of allylic oxidation sites excluding steroid dienone is 2. The summed E-state index contributed by atoms with van der Waals surface area (Å²) in [4.78, 5) is 13.8. The predicted molar refractivity (Wildman–Crippen MR) is 84.8 cm³/mol. The van der Waals surface area contributed by atoms with Crippen LogP contribution in [0.5, 0.6) is 0 Å². The summed E-state index contributed by atoms with van der Waals surface area (Å²) in [5.41, 5.74) is 7.43. The second-order valence-corrected chi connectivity index (χ2v) is 5.58. The van der Waals surface area contributed by atoms with Crippen molar-refractivity contribution in [2.45, 2.75) is 44.8 Å². The molecule has 4 heteroatoms. The normalized spacial score (nSPS) is 20.1. The Labute approximate surface area is 126 Å². The van der Waals surface area contributed by atoms with Crippen molar-refractivity contribution >= 4 is 11.8 Å². The second-order valence-electron chi connectivity index (χ2n) is 5.58. The lowest BCUT2D eigenvalue weighted by Crippen LogP contribution is -2.31. The number of nitrogen functional groups attached to an aromatic ring is 1. The van der Waals surface area contributed by atoms with Crippen molar-refractivity contribution in [1.29, 1.82) is 0 Å². The Balaban J connectivity index is 1.83. The van der Waals surface area contributed by atoms with Gasteiger partial charge in [-0.05, 0) is 49.8 Å². The van der Waals surface area contributed by atoms with Gasteiger partial charge >= 0.3 is 6.09 Å². The van der Waals surface area contributed by atoms with E-state index in [1.54, 1.807) is 11.9 Å². The first-order valence-electron chi connectivity index (χ1n) is 7.56. The number of hydrogen-bond donors (Lipinski definition) is 1. The van der Waals surface area contributed by atoms with Gasteiger partial charge in [-0.1, -0.05) is 24.3 Å². The Morgan fingerprint density at radius 2 is 1.95 bits per heavy atom. The zero-order valence-corrected chi connectivity index (χ0v) is 12.6. The molecular formula is C17H24N2O2. The maximum atomic E-state index is 12.1. The van der Waals surface area contributed by atoms with Crippen molar-refractivity contribution < 1.29 is 9.53 Å². The minimum Gasteiger partial charge on any atom is -0.446 e. The van der Waals surface area contributed by atoms with Crippen molar-refractivity contribution in [3.8, 4) is 0 Å². The van der Waals surface area contributed by atoms with Gasteiger partial charge in [-0.15, -0.1) is 0 Å². The first-order chi connectivity index (χ1) is 10.1. The van der Waals surface area contributed by atoms with Gasteiger partial charge in [-0.2, -0.15) is 0 Å². The van der Waals surface area contributed by atoms with Crippen LogP contribution in [0.25, 0.3) is 0 Å². The summed E-state index contributed by atoms with van der Waals surface area (Å²) in [6, 6.07) is 7.55.